The van der Waals surface area contributed by atoms with E-state index in [1.807, 2.05) is 12.1 Å². The van der Waals surface area contributed by atoms with Gasteiger partial charge in [-0.25, -0.2) is 0 Å². The summed E-state index contributed by atoms with van der Waals surface area (Å²) in [5.41, 5.74) is 8.58. The molecule has 1 atom stereocenters. The van der Waals surface area contributed by atoms with Crippen LogP contribution in [-0.2, 0) is 0 Å². The van der Waals surface area contributed by atoms with E-state index < -0.39 is 0 Å². The van der Waals surface area contributed by atoms with E-state index in [9.17, 15) is 0 Å². The highest BCUT2D eigenvalue weighted by atomic mass is 16.5. The predicted molar refractivity (Wildman–Crippen MR) is 97.0 cm³/mol. The number of nitrogens with two attached hydrogens (primary N) is 1. The Balaban J connectivity index is 1.72. The summed E-state index contributed by atoms with van der Waals surface area (Å²) in [6.07, 6.45) is 0.915. The molecule has 0 fully saturated rings. The van der Waals surface area contributed by atoms with E-state index in [2.05, 4.69) is 61.5 Å². The molecule has 1 unspecified atom stereocenters. The molecule has 0 aliphatic rings. The second-order valence-electron chi connectivity index (χ2n) is 5.95. The first kappa shape index (κ1) is 15.6. The minimum absolute atomic E-state index is 0.311. The maximum Gasteiger partial charge on any atom is 0.119 e. The van der Waals surface area contributed by atoms with Crippen LogP contribution in [0.25, 0.3) is 10.8 Å². The third kappa shape index (κ3) is 3.72. The summed E-state index contributed by atoms with van der Waals surface area (Å²) < 4.78 is 5.90. The lowest BCUT2D eigenvalue weighted by Crippen LogP contribution is -2.16. The summed E-state index contributed by atoms with van der Waals surface area (Å²) in [6.45, 7) is 3.38. The Morgan fingerprint density at radius 1 is 0.957 bits per heavy atom. The average Bonchev–Trinajstić information content (AvgIpc) is 2.58. The van der Waals surface area contributed by atoms with Gasteiger partial charge in [0.25, 0.3) is 0 Å². The van der Waals surface area contributed by atoms with Crippen LogP contribution in [0.5, 0.6) is 5.75 Å². The zero-order valence-electron chi connectivity index (χ0n) is 13.5. The molecule has 2 heteroatoms. The maximum atomic E-state index is 6.04. The van der Waals surface area contributed by atoms with Crippen LogP contribution in [0.3, 0.4) is 0 Å². The van der Waals surface area contributed by atoms with Gasteiger partial charge in [-0.3, -0.25) is 0 Å². The van der Waals surface area contributed by atoms with Crippen LogP contribution in [0, 0.1) is 6.92 Å². The molecule has 118 valence electrons. The third-order valence-electron chi connectivity index (χ3n) is 4.27. The molecule has 0 heterocycles. The van der Waals surface area contributed by atoms with Gasteiger partial charge in [-0.15, -0.1) is 0 Å². The topological polar surface area (TPSA) is 35.2 Å². The van der Waals surface area contributed by atoms with E-state index in [-0.39, 0.29) is 0 Å². The second kappa shape index (κ2) is 7.30. The summed E-state index contributed by atoms with van der Waals surface area (Å²) >= 11 is 0. The molecule has 3 aromatic carbocycles. The first-order valence-electron chi connectivity index (χ1n) is 8.15. The summed E-state index contributed by atoms with van der Waals surface area (Å²) in [6, 6.07) is 23.1. The number of benzene rings is 3. The molecule has 0 saturated heterocycles. The van der Waals surface area contributed by atoms with Crippen LogP contribution in [0.1, 0.15) is 23.5 Å². The molecule has 0 bridgehead atoms. The Morgan fingerprint density at radius 3 is 2.57 bits per heavy atom. The number of ether oxygens (including phenoxy) is 1. The Morgan fingerprint density at radius 2 is 1.74 bits per heavy atom. The van der Waals surface area contributed by atoms with Crippen LogP contribution in [0.2, 0.25) is 0 Å². The van der Waals surface area contributed by atoms with Gasteiger partial charge in [-0.2, -0.15) is 0 Å². The molecule has 3 aromatic rings. The van der Waals surface area contributed by atoms with Gasteiger partial charge in [-0.1, -0.05) is 54.6 Å². The SMILES string of the molecule is Cc1cccc(OCCC(CN)c2cccc3ccccc23)c1. The summed E-state index contributed by atoms with van der Waals surface area (Å²) in [7, 11) is 0. The molecule has 23 heavy (non-hydrogen) atoms. The molecule has 0 amide bonds. The van der Waals surface area contributed by atoms with Crippen LogP contribution in [-0.4, -0.2) is 13.2 Å². The van der Waals surface area contributed by atoms with Crippen molar-refractivity contribution in [2.75, 3.05) is 13.2 Å². The van der Waals surface area contributed by atoms with Crippen molar-refractivity contribution >= 4 is 10.8 Å². The molecule has 0 saturated carbocycles. The fourth-order valence-electron chi connectivity index (χ4n) is 3.03. The molecule has 0 aliphatic heterocycles. The zero-order chi connectivity index (χ0) is 16.1. The van der Waals surface area contributed by atoms with Crippen molar-refractivity contribution in [3.05, 3.63) is 77.9 Å². The molecule has 0 aromatic heterocycles. The number of hydrogen-bond acceptors (Lipinski definition) is 2. The average molecular weight is 305 g/mol. The zero-order valence-corrected chi connectivity index (χ0v) is 13.5. The van der Waals surface area contributed by atoms with Gasteiger partial charge in [0.1, 0.15) is 5.75 Å². The lowest BCUT2D eigenvalue weighted by molar-refractivity contribution is 0.298. The number of rotatable bonds is 6. The first-order valence-corrected chi connectivity index (χ1v) is 8.15. The van der Waals surface area contributed by atoms with E-state index >= 15 is 0 Å². The molecule has 2 N–H and O–H groups in total. The Labute approximate surface area is 137 Å². The highest BCUT2D eigenvalue weighted by Gasteiger charge is 2.13. The van der Waals surface area contributed by atoms with Gasteiger partial charge < -0.3 is 10.5 Å². The molecule has 0 aliphatic carbocycles. The molecule has 0 spiro atoms. The monoisotopic (exact) mass is 305 g/mol. The standard InChI is InChI=1S/C21H23NO/c1-16-6-4-9-19(14-16)23-13-12-18(15-22)21-11-5-8-17-7-2-3-10-20(17)21/h2-11,14,18H,12-13,15,22H2,1H3. The van der Waals surface area contributed by atoms with E-state index in [1.54, 1.807) is 0 Å². The highest BCUT2D eigenvalue weighted by Crippen LogP contribution is 2.27. The fraction of sp³-hybridized carbons (Fsp3) is 0.238. The van der Waals surface area contributed by atoms with Crippen molar-refractivity contribution in [3.63, 3.8) is 0 Å². The van der Waals surface area contributed by atoms with Gasteiger partial charge in [0.05, 0.1) is 6.61 Å². The summed E-state index contributed by atoms with van der Waals surface area (Å²) in [5.74, 6) is 1.24. The normalized spacial score (nSPS) is 12.3. The van der Waals surface area contributed by atoms with Gasteiger partial charge in [0, 0.05) is 0 Å². The molecule has 2 nitrogen and oxygen atoms in total. The van der Waals surface area contributed by atoms with E-state index in [0.717, 1.165) is 12.2 Å². The van der Waals surface area contributed by atoms with Crippen molar-refractivity contribution in [1.82, 2.24) is 0 Å². The number of aryl methyl sites for hydroxylation is 1. The Kier molecular flexibility index (Phi) is 4.94. The third-order valence-corrected chi connectivity index (χ3v) is 4.27. The van der Waals surface area contributed by atoms with Crippen molar-refractivity contribution in [2.24, 2.45) is 5.73 Å². The number of hydrogen-bond donors (Lipinski definition) is 1. The van der Waals surface area contributed by atoms with Crippen molar-refractivity contribution in [1.29, 1.82) is 0 Å². The fourth-order valence-corrected chi connectivity index (χ4v) is 3.03. The minimum Gasteiger partial charge on any atom is -0.494 e. The first-order chi connectivity index (χ1) is 11.3. The predicted octanol–water partition coefficient (Wildman–Crippen LogP) is 4.66. The summed E-state index contributed by atoms with van der Waals surface area (Å²) in [5, 5.41) is 2.56. The summed E-state index contributed by atoms with van der Waals surface area (Å²) in [4.78, 5) is 0. The van der Waals surface area contributed by atoms with Crippen molar-refractivity contribution < 1.29 is 4.74 Å². The smallest absolute Gasteiger partial charge is 0.119 e. The van der Waals surface area contributed by atoms with Gasteiger partial charge in [-0.05, 0) is 59.8 Å². The van der Waals surface area contributed by atoms with Crippen LogP contribution >= 0.6 is 0 Å². The molecule has 3 rings (SSSR count). The van der Waals surface area contributed by atoms with E-state index in [4.69, 9.17) is 10.5 Å². The van der Waals surface area contributed by atoms with Crippen LogP contribution in [0.4, 0.5) is 0 Å². The van der Waals surface area contributed by atoms with E-state index in [0.29, 0.717) is 19.1 Å². The number of fused-ring (bicyclic) bond motifs is 1. The van der Waals surface area contributed by atoms with Crippen LogP contribution < -0.4 is 10.5 Å². The van der Waals surface area contributed by atoms with Crippen molar-refractivity contribution in [2.45, 2.75) is 19.3 Å². The largest absolute Gasteiger partial charge is 0.494 e. The van der Waals surface area contributed by atoms with Gasteiger partial charge >= 0.3 is 0 Å². The van der Waals surface area contributed by atoms with Crippen molar-refractivity contribution in [3.8, 4) is 5.75 Å². The van der Waals surface area contributed by atoms with Gasteiger partial charge in [0.2, 0.25) is 0 Å². The minimum atomic E-state index is 0.311. The van der Waals surface area contributed by atoms with Gasteiger partial charge in [0.15, 0.2) is 0 Å². The lowest BCUT2D eigenvalue weighted by atomic mass is 9.91. The Hall–Kier alpha value is -2.32. The quantitative estimate of drug-likeness (QED) is 0.719. The maximum absolute atomic E-state index is 6.04. The highest BCUT2D eigenvalue weighted by molar-refractivity contribution is 5.86. The molecular formula is C21H23NO. The second-order valence-corrected chi connectivity index (χ2v) is 5.95. The Bertz CT molecular complexity index is 776. The lowest BCUT2D eigenvalue weighted by Gasteiger charge is -2.18. The molecular weight excluding hydrogens is 282 g/mol. The molecule has 0 radical (unpaired) electrons. The van der Waals surface area contributed by atoms with E-state index in [1.165, 1.54) is 21.9 Å². The van der Waals surface area contributed by atoms with Crippen LogP contribution in [0.15, 0.2) is 66.7 Å².